The molecular formula is C26H31N3O3. The Morgan fingerprint density at radius 1 is 1.03 bits per heavy atom. The minimum absolute atomic E-state index is 0.0344. The number of aromatic nitrogens is 2. The second-order valence-electron chi connectivity index (χ2n) is 8.23. The normalized spacial score (nSPS) is 10.8. The van der Waals surface area contributed by atoms with Crippen molar-refractivity contribution in [2.45, 2.75) is 47.1 Å². The van der Waals surface area contributed by atoms with Crippen LogP contribution in [0.1, 0.15) is 41.4 Å². The van der Waals surface area contributed by atoms with Crippen LogP contribution in [0.4, 0.5) is 0 Å². The second-order valence-corrected chi connectivity index (χ2v) is 8.23. The Bertz CT molecular complexity index is 1100. The first-order chi connectivity index (χ1) is 15.3. The first-order valence-corrected chi connectivity index (χ1v) is 10.8. The van der Waals surface area contributed by atoms with E-state index >= 15 is 0 Å². The number of amides is 1. The average molecular weight is 434 g/mol. The van der Waals surface area contributed by atoms with E-state index in [0.717, 1.165) is 33.8 Å². The lowest BCUT2D eigenvalue weighted by atomic mass is 10.1. The van der Waals surface area contributed by atoms with Crippen LogP contribution in [0.3, 0.4) is 0 Å². The van der Waals surface area contributed by atoms with Crippen molar-refractivity contribution < 1.29 is 14.3 Å². The van der Waals surface area contributed by atoms with E-state index in [2.05, 4.69) is 13.0 Å². The standard InChI is InChI=1S/C26H31N3O3/c1-18-8-6-7-9-25(18)29-21(4)24(20(3)27-29)16-28(5)26(31)17-32-23-14-12-22(13-15-23)11-10-19(2)30/h6-9,12-15H,10-11,16-17H2,1-5H3. The summed E-state index contributed by atoms with van der Waals surface area (Å²) in [5, 5.41) is 4.71. The number of hydrogen-bond donors (Lipinski definition) is 0. The number of likely N-dealkylation sites (N-methyl/N-ethyl adjacent to an activating group) is 1. The van der Waals surface area contributed by atoms with Gasteiger partial charge in [-0.1, -0.05) is 30.3 Å². The number of ketones is 1. The van der Waals surface area contributed by atoms with Crippen LogP contribution in [0, 0.1) is 20.8 Å². The van der Waals surface area contributed by atoms with Crippen molar-refractivity contribution in [1.29, 1.82) is 0 Å². The van der Waals surface area contributed by atoms with E-state index in [9.17, 15) is 9.59 Å². The number of aryl methyl sites for hydroxylation is 3. The number of carbonyl (C=O) groups excluding carboxylic acids is 2. The second kappa shape index (κ2) is 10.3. The number of para-hydroxylation sites is 1. The third-order valence-corrected chi connectivity index (χ3v) is 5.66. The quantitative estimate of drug-likeness (QED) is 0.503. The lowest BCUT2D eigenvalue weighted by Gasteiger charge is -2.18. The predicted octanol–water partition coefficient (Wildman–Crippen LogP) is 4.36. The summed E-state index contributed by atoms with van der Waals surface area (Å²) >= 11 is 0. The van der Waals surface area contributed by atoms with Crippen molar-refractivity contribution in [3.63, 3.8) is 0 Å². The van der Waals surface area contributed by atoms with E-state index in [-0.39, 0.29) is 18.3 Å². The molecule has 0 radical (unpaired) electrons. The topological polar surface area (TPSA) is 64.4 Å². The molecule has 0 unspecified atom stereocenters. The maximum atomic E-state index is 12.7. The fourth-order valence-electron chi connectivity index (χ4n) is 3.59. The molecule has 3 rings (SSSR count). The lowest BCUT2D eigenvalue weighted by Crippen LogP contribution is -2.31. The van der Waals surface area contributed by atoms with Crippen LogP contribution in [0.15, 0.2) is 48.5 Å². The minimum atomic E-state index is -0.104. The van der Waals surface area contributed by atoms with Crippen molar-refractivity contribution in [2.24, 2.45) is 0 Å². The average Bonchev–Trinajstić information content (AvgIpc) is 3.05. The van der Waals surface area contributed by atoms with Gasteiger partial charge in [0.05, 0.1) is 11.4 Å². The van der Waals surface area contributed by atoms with E-state index < -0.39 is 0 Å². The summed E-state index contributed by atoms with van der Waals surface area (Å²) in [4.78, 5) is 25.4. The third-order valence-electron chi connectivity index (χ3n) is 5.66. The summed E-state index contributed by atoms with van der Waals surface area (Å²) in [5.74, 6) is 0.708. The van der Waals surface area contributed by atoms with Crippen molar-refractivity contribution in [2.75, 3.05) is 13.7 Å². The van der Waals surface area contributed by atoms with Gasteiger partial charge in [0.25, 0.3) is 5.91 Å². The zero-order valence-corrected chi connectivity index (χ0v) is 19.5. The molecule has 2 aromatic carbocycles. The molecule has 0 aliphatic rings. The Morgan fingerprint density at radius 3 is 2.38 bits per heavy atom. The maximum absolute atomic E-state index is 12.7. The van der Waals surface area contributed by atoms with Gasteiger partial charge in [-0.15, -0.1) is 0 Å². The van der Waals surface area contributed by atoms with Gasteiger partial charge in [-0.2, -0.15) is 5.10 Å². The molecule has 6 nitrogen and oxygen atoms in total. The van der Waals surface area contributed by atoms with Gasteiger partial charge in [-0.3, -0.25) is 4.79 Å². The van der Waals surface area contributed by atoms with Crippen molar-refractivity contribution in [3.8, 4) is 11.4 Å². The smallest absolute Gasteiger partial charge is 0.260 e. The zero-order valence-electron chi connectivity index (χ0n) is 19.5. The third kappa shape index (κ3) is 5.63. The number of carbonyl (C=O) groups is 2. The maximum Gasteiger partial charge on any atom is 0.260 e. The van der Waals surface area contributed by atoms with Crippen LogP contribution in [0.25, 0.3) is 5.69 Å². The summed E-state index contributed by atoms with van der Waals surface area (Å²) < 4.78 is 7.63. The highest BCUT2D eigenvalue weighted by Crippen LogP contribution is 2.21. The van der Waals surface area contributed by atoms with Gasteiger partial charge in [-0.25, -0.2) is 4.68 Å². The number of benzene rings is 2. The van der Waals surface area contributed by atoms with Crippen molar-refractivity contribution in [1.82, 2.24) is 14.7 Å². The van der Waals surface area contributed by atoms with Gasteiger partial charge in [0, 0.05) is 31.3 Å². The van der Waals surface area contributed by atoms with Gasteiger partial charge >= 0.3 is 0 Å². The lowest BCUT2D eigenvalue weighted by molar-refractivity contribution is -0.132. The summed E-state index contributed by atoms with van der Waals surface area (Å²) in [6.07, 6.45) is 1.24. The van der Waals surface area contributed by atoms with Gasteiger partial charge < -0.3 is 14.4 Å². The molecule has 0 saturated heterocycles. The van der Waals surface area contributed by atoms with Crippen molar-refractivity contribution >= 4 is 11.7 Å². The Kier molecular flexibility index (Phi) is 7.46. The molecule has 3 aromatic rings. The Balaban J connectivity index is 1.60. The van der Waals surface area contributed by atoms with Crippen LogP contribution in [-0.4, -0.2) is 40.0 Å². The molecule has 6 heteroatoms. The molecule has 0 bridgehead atoms. The molecule has 0 aliphatic carbocycles. The Labute approximate surface area is 189 Å². The SMILES string of the molecule is CC(=O)CCc1ccc(OCC(=O)N(C)Cc2c(C)nn(-c3ccccc3C)c2C)cc1. The number of hydrogen-bond acceptors (Lipinski definition) is 4. The summed E-state index contributed by atoms with van der Waals surface area (Å²) in [6, 6.07) is 15.7. The fraction of sp³-hybridized carbons (Fsp3) is 0.346. The van der Waals surface area contributed by atoms with Gasteiger partial charge in [0.15, 0.2) is 6.61 Å². The summed E-state index contributed by atoms with van der Waals surface area (Å²) in [5.41, 5.74) is 6.25. The predicted molar refractivity (Wildman–Crippen MR) is 125 cm³/mol. The largest absolute Gasteiger partial charge is 0.484 e. The van der Waals surface area contributed by atoms with Gasteiger partial charge in [0.1, 0.15) is 11.5 Å². The number of ether oxygens (including phenoxy) is 1. The molecule has 1 amide bonds. The molecule has 32 heavy (non-hydrogen) atoms. The summed E-state index contributed by atoms with van der Waals surface area (Å²) in [6.45, 7) is 8.09. The number of nitrogens with zero attached hydrogens (tertiary/aromatic N) is 3. The van der Waals surface area contributed by atoms with Crippen LogP contribution >= 0.6 is 0 Å². The molecule has 0 aliphatic heterocycles. The van der Waals surface area contributed by atoms with Crippen LogP contribution in [0.5, 0.6) is 5.75 Å². The molecule has 168 valence electrons. The van der Waals surface area contributed by atoms with E-state index in [0.29, 0.717) is 25.1 Å². The molecule has 0 N–H and O–H groups in total. The fourth-order valence-corrected chi connectivity index (χ4v) is 3.59. The molecule has 0 saturated carbocycles. The first-order valence-electron chi connectivity index (χ1n) is 10.8. The van der Waals surface area contributed by atoms with E-state index in [4.69, 9.17) is 9.84 Å². The van der Waals surface area contributed by atoms with Crippen LogP contribution in [0.2, 0.25) is 0 Å². The zero-order chi connectivity index (χ0) is 23.3. The highest BCUT2D eigenvalue weighted by molar-refractivity contribution is 5.77. The monoisotopic (exact) mass is 433 g/mol. The minimum Gasteiger partial charge on any atom is -0.484 e. The van der Waals surface area contributed by atoms with Gasteiger partial charge in [0.2, 0.25) is 0 Å². The van der Waals surface area contributed by atoms with Gasteiger partial charge in [-0.05, 0) is 63.4 Å². The number of Topliss-reactive ketones (excluding diaryl/α,β-unsaturated/α-hetero) is 1. The van der Waals surface area contributed by atoms with E-state index in [1.165, 1.54) is 0 Å². The summed E-state index contributed by atoms with van der Waals surface area (Å²) in [7, 11) is 1.78. The first kappa shape index (κ1) is 23.3. The van der Waals surface area contributed by atoms with Crippen LogP contribution < -0.4 is 4.74 Å². The molecule has 0 fully saturated rings. The number of rotatable bonds is 9. The highest BCUT2D eigenvalue weighted by Gasteiger charge is 2.18. The molecular weight excluding hydrogens is 402 g/mol. The molecule has 0 atom stereocenters. The molecule has 1 heterocycles. The van der Waals surface area contributed by atoms with E-state index in [1.807, 2.05) is 61.0 Å². The Morgan fingerprint density at radius 2 is 1.72 bits per heavy atom. The van der Waals surface area contributed by atoms with E-state index in [1.54, 1.807) is 18.9 Å². The molecule has 0 spiro atoms. The van der Waals surface area contributed by atoms with Crippen LogP contribution in [-0.2, 0) is 22.6 Å². The Hall–Kier alpha value is -3.41. The molecule has 1 aromatic heterocycles. The highest BCUT2D eigenvalue weighted by atomic mass is 16.5. The van der Waals surface area contributed by atoms with Crippen molar-refractivity contribution in [3.05, 3.63) is 76.6 Å².